The Balaban J connectivity index is 1.78. The Morgan fingerprint density at radius 1 is 1.42 bits per heavy atom. The molecule has 0 radical (unpaired) electrons. The second kappa shape index (κ2) is 8.33. The molecule has 7 heteroatoms. The summed E-state index contributed by atoms with van der Waals surface area (Å²) in [6.45, 7) is 5.68. The van der Waals surface area contributed by atoms with Crippen molar-refractivity contribution < 1.29 is 4.79 Å². The van der Waals surface area contributed by atoms with Crippen molar-refractivity contribution in [1.82, 2.24) is 9.55 Å². The molecule has 3 rings (SSSR count). The third-order valence-corrected chi connectivity index (χ3v) is 6.01. The van der Waals surface area contributed by atoms with Crippen LogP contribution in [0.1, 0.15) is 11.8 Å². The maximum atomic E-state index is 12.6. The van der Waals surface area contributed by atoms with Crippen molar-refractivity contribution >= 4 is 44.9 Å². The van der Waals surface area contributed by atoms with E-state index < -0.39 is 0 Å². The number of benzene rings is 1. The third-order valence-electron chi connectivity index (χ3n) is 3.75. The molecule has 0 aliphatic heterocycles. The van der Waals surface area contributed by atoms with Crippen LogP contribution in [-0.4, -0.2) is 21.2 Å². The summed E-state index contributed by atoms with van der Waals surface area (Å²) in [4.78, 5) is 32.1. The molecule has 0 aliphatic carbocycles. The zero-order valence-corrected chi connectivity index (χ0v) is 16.0. The van der Waals surface area contributed by atoms with E-state index in [-0.39, 0.29) is 18.0 Å². The molecule has 0 aliphatic rings. The van der Waals surface area contributed by atoms with E-state index in [2.05, 4.69) is 16.9 Å². The van der Waals surface area contributed by atoms with Gasteiger partial charge in [0.2, 0.25) is 5.91 Å². The van der Waals surface area contributed by atoms with Gasteiger partial charge in [0.25, 0.3) is 5.56 Å². The van der Waals surface area contributed by atoms with Crippen LogP contribution < -0.4 is 10.9 Å². The van der Waals surface area contributed by atoms with Crippen molar-refractivity contribution in [1.29, 1.82) is 0 Å². The predicted molar refractivity (Wildman–Crippen MR) is 109 cm³/mol. The fraction of sp³-hybridized carbons (Fsp3) is 0.211. The Labute approximate surface area is 159 Å². The van der Waals surface area contributed by atoms with Crippen LogP contribution in [0.15, 0.2) is 59.0 Å². The number of nitrogens with one attached hydrogen (secondary N) is 1. The van der Waals surface area contributed by atoms with Gasteiger partial charge in [0, 0.05) is 15.5 Å². The van der Waals surface area contributed by atoms with Crippen LogP contribution in [0.2, 0.25) is 0 Å². The maximum absolute atomic E-state index is 12.6. The molecule has 1 amide bonds. The van der Waals surface area contributed by atoms with Crippen molar-refractivity contribution in [3.63, 3.8) is 0 Å². The number of anilines is 1. The van der Waals surface area contributed by atoms with Gasteiger partial charge in [-0.2, -0.15) is 0 Å². The minimum atomic E-state index is -0.258. The van der Waals surface area contributed by atoms with Gasteiger partial charge in [-0.05, 0) is 24.6 Å². The predicted octanol–water partition coefficient (Wildman–Crippen LogP) is 3.94. The molecule has 0 spiro atoms. The standard InChI is InChI=1S/C19H19N3O2S2/c1-3-9-25-16-8-6-5-7-15(16)21-17(23)11-22-12-20-18-14(19(22)24)10-13(4-2)26-18/h3,5-8,10,12H,1,4,9,11H2,2H3,(H,21,23). The molecule has 1 aromatic carbocycles. The highest BCUT2D eigenvalue weighted by Gasteiger charge is 2.12. The smallest absolute Gasteiger partial charge is 0.262 e. The van der Waals surface area contributed by atoms with E-state index in [1.165, 1.54) is 22.2 Å². The quantitative estimate of drug-likeness (QED) is 0.494. The minimum Gasteiger partial charge on any atom is -0.324 e. The van der Waals surface area contributed by atoms with Crippen LogP contribution in [0.25, 0.3) is 10.2 Å². The molecule has 26 heavy (non-hydrogen) atoms. The second-order valence-corrected chi connectivity index (χ2v) is 7.78. The number of para-hydroxylation sites is 1. The van der Waals surface area contributed by atoms with Gasteiger partial charge in [-0.25, -0.2) is 4.98 Å². The van der Waals surface area contributed by atoms with E-state index in [0.717, 1.165) is 32.5 Å². The minimum absolute atomic E-state index is 0.0699. The summed E-state index contributed by atoms with van der Waals surface area (Å²) in [5.41, 5.74) is 0.547. The molecule has 2 aromatic heterocycles. The summed E-state index contributed by atoms with van der Waals surface area (Å²) in [5, 5.41) is 3.45. The normalized spacial score (nSPS) is 10.8. The molecule has 0 fully saturated rings. The molecular formula is C19H19N3O2S2. The van der Waals surface area contributed by atoms with Gasteiger partial charge in [-0.3, -0.25) is 14.2 Å². The number of aryl methyl sites for hydroxylation is 1. The monoisotopic (exact) mass is 385 g/mol. The van der Waals surface area contributed by atoms with Crippen LogP contribution in [0, 0.1) is 0 Å². The average molecular weight is 386 g/mol. The lowest BCUT2D eigenvalue weighted by molar-refractivity contribution is -0.116. The van der Waals surface area contributed by atoms with Crippen LogP contribution in [0.3, 0.4) is 0 Å². The summed E-state index contributed by atoms with van der Waals surface area (Å²) >= 11 is 3.11. The lowest BCUT2D eigenvalue weighted by atomic mass is 10.3. The summed E-state index contributed by atoms with van der Waals surface area (Å²) in [6.07, 6.45) is 4.12. The molecule has 5 nitrogen and oxygen atoms in total. The van der Waals surface area contributed by atoms with Crippen LogP contribution >= 0.6 is 23.1 Å². The Morgan fingerprint density at radius 2 is 2.23 bits per heavy atom. The van der Waals surface area contributed by atoms with Crippen LogP contribution in [0.4, 0.5) is 5.69 Å². The first-order valence-electron chi connectivity index (χ1n) is 8.22. The number of thiophene rings is 1. The highest BCUT2D eigenvalue weighted by atomic mass is 32.2. The summed E-state index contributed by atoms with van der Waals surface area (Å²) in [6, 6.07) is 9.45. The molecule has 0 saturated carbocycles. The topological polar surface area (TPSA) is 64.0 Å². The Morgan fingerprint density at radius 3 is 3.00 bits per heavy atom. The maximum Gasteiger partial charge on any atom is 0.262 e. The van der Waals surface area contributed by atoms with Gasteiger partial charge >= 0.3 is 0 Å². The van der Waals surface area contributed by atoms with Crippen molar-refractivity contribution in [2.24, 2.45) is 0 Å². The Kier molecular flexibility index (Phi) is 5.90. The van der Waals surface area contributed by atoms with Gasteiger partial charge < -0.3 is 5.32 Å². The SMILES string of the molecule is C=CCSc1ccccc1NC(=O)Cn1cnc2sc(CC)cc2c1=O. The molecule has 1 N–H and O–H groups in total. The fourth-order valence-corrected chi connectivity index (χ4v) is 4.16. The number of amides is 1. The molecular weight excluding hydrogens is 366 g/mol. The zero-order valence-electron chi connectivity index (χ0n) is 14.4. The van der Waals surface area contributed by atoms with E-state index in [0.29, 0.717) is 5.39 Å². The number of aromatic nitrogens is 2. The molecule has 0 unspecified atom stereocenters. The number of carbonyl (C=O) groups is 1. The molecule has 134 valence electrons. The summed E-state index contributed by atoms with van der Waals surface area (Å²) in [7, 11) is 0. The van der Waals surface area contributed by atoms with E-state index in [9.17, 15) is 9.59 Å². The van der Waals surface area contributed by atoms with Gasteiger partial charge in [0.05, 0.1) is 17.4 Å². The van der Waals surface area contributed by atoms with Gasteiger partial charge in [-0.15, -0.1) is 29.7 Å². The second-order valence-electron chi connectivity index (χ2n) is 5.61. The van der Waals surface area contributed by atoms with Crippen molar-refractivity contribution in [2.45, 2.75) is 24.8 Å². The lowest BCUT2D eigenvalue weighted by Crippen LogP contribution is -2.27. The highest BCUT2D eigenvalue weighted by molar-refractivity contribution is 7.99. The number of nitrogens with zero attached hydrogens (tertiary/aromatic N) is 2. The number of hydrogen-bond acceptors (Lipinski definition) is 5. The number of carbonyl (C=O) groups excluding carboxylic acids is 1. The van der Waals surface area contributed by atoms with Gasteiger partial charge in [-0.1, -0.05) is 25.1 Å². The summed E-state index contributed by atoms with van der Waals surface area (Å²) < 4.78 is 1.35. The van der Waals surface area contributed by atoms with Crippen molar-refractivity contribution in [3.8, 4) is 0 Å². The van der Waals surface area contributed by atoms with E-state index in [4.69, 9.17) is 0 Å². The van der Waals surface area contributed by atoms with Crippen LogP contribution in [-0.2, 0) is 17.8 Å². The van der Waals surface area contributed by atoms with Gasteiger partial charge in [0.1, 0.15) is 11.4 Å². The molecule has 2 heterocycles. The lowest BCUT2D eigenvalue weighted by Gasteiger charge is -2.11. The molecule has 0 atom stereocenters. The molecule has 3 aromatic rings. The molecule has 0 bridgehead atoms. The summed E-state index contributed by atoms with van der Waals surface area (Å²) in [5.74, 6) is 0.496. The van der Waals surface area contributed by atoms with Crippen LogP contribution in [0.5, 0.6) is 0 Å². The first-order valence-corrected chi connectivity index (χ1v) is 10.0. The number of rotatable bonds is 7. The number of thioether (sulfide) groups is 1. The van der Waals surface area contributed by atoms with E-state index in [1.807, 2.05) is 43.3 Å². The first-order chi connectivity index (χ1) is 12.6. The average Bonchev–Trinajstić information content (AvgIpc) is 3.07. The number of fused-ring (bicyclic) bond motifs is 1. The molecule has 0 saturated heterocycles. The van der Waals surface area contributed by atoms with Crippen molar-refractivity contribution in [3.05, 3.63) is 64.5 Å². The van der Waals surface area contributed by atoms with Crippen molar-refractivity contribution in [2.75, 3.05) is 11.1 Å². The Bertz CT molecular complexity index is 1010. The first kappa shape index (κ1) is 18.4. The number of hydrogen-bond donors (Lipinski definition) is 1. The van der Waals surface area contributed by atoms with Gasteiger partial charge in [0.15, 0.2) is 0 Å². The zero-order chi connectivity index (χ0) is 18.5. The highest BCUT2D eigenvalue weighted by Crippen LogP contribution is 2.27. The van der Waals surface area contributed by atoms with E-state index in [1.54, 1.807) is 11.8 Å². The fourth-order valence-electron chi connectivity index (χ4n) is 2.49. The third kappa shape index (κ3) is 4.05. The largest absolute Gasteiger partial charge is 0.324 e. The van der Waals surface area contributed by atoms with E-state index >= 15 is 0 Å². The Hall–Kier alpha value is -2.38.